The van der Waals surface area contributed by atoms with Crippen LogP contribution in [0.3, 0.4) is 0 Å². The highest BCUT2D eigenvalue weighted by Crippen LogP contribution is 2.21. The molecule has 1 aliphatic heterocycles. The molecular weight excluding hydrogens is 294 g/mol. The monoisotopic (exact) mass is 317 g/mol. The number of anilines is 2. The highest BCUT2D eigenvalue weighted by atomic mass is 16.6. The Bertz CT molecular complexity index is 618. The third kappa shape index (κ3) is 4.49. The molecule has 2 heterocycles. The number of pyridine rings is 1. The minimum absolute atomic E-state index is 0.301. The predicted molar refractivity (Wildman–Crippen MR) is 88.0 cm³/mol. The normalized spacial score (nSPS) is 15.7. The van der Waals surface area contributed by atoms with E-state index in [1.807, 2.05) is 25.7 Å². The van der Waals surface area contributed by atoms with E-state index in [2.05, 4.69) is 11.1 Å². The van der Waals surface area contributed by atoms with Crippen LogP contribution in [0.5, 0.6) is 0 Å². The predicted octanol–water partition coefficient (Wildman–Crippen LogP) is 1.98. The summed E-state index contributed by atoms with van der Waals surface area (Å²) >= 11 is 0. The zero-order valence-corrected chi connectivity index (χ0v) is 13.9. The molecule has 1 amide bonds. The first-order valence-electron chi connectivity index (χ1n) is 7.68. The zero-order chi connectivity index (χ0) is 17.0. The molecule has 1 aromatic rings. The van der Waals surface area contributed by atoms with Gasteiger partial charge in [0, 0.05) is 26.2 Å². The molecule has 0 saturated carbocycles. The van der Waals surface area contributed by atoms with Crippen molar-refractivity contribution in [2.24, 2.45) is 0 Å². The summed E-state index contributed by atoms with van der Waals surface area (Å²) in [6.45, 7) is 8.05. The van der Waals surface area contributed by atoms with E-state index in [4.69, 9.17) is 10.5 Å². The standard InChI is InChI=1S/C16H23N5O2/c1-16(2,3)23-15(22)21-6-4-5-20(7-8-21)14-12(10-17)9-13(18)11-19-14/h9,11H,4-8,18H2,1-3H3. The van der Waals surface area contributed by atoms with Gasteiger partial charge in [-0.3, -0.25) is 0 Å². The molecule has 0 bridgehead atoms. The van der Waals surface area contributed by atoms with E-state index in [9.17, 15) is 10.1 Å². The number of aromatic nitrogens is 1. The van der Waals surface area contributed by atoms with Crippen molar-refractivity contribution in [3.63, 3.8) is 0 Å². The molecular formula is C16H23N5O2. The lowest BCUT2D eigenvalue weighted by Crippen LogP contribution is -2.39. The van der Waals surface area contributed by atoms with Crippen molar-refractivity contribution < 1.29 is 9.53 Å². The Morgan fingerprint density at radius 3 is 2.74 bits per heavy atom. The fourth-order valence-electron chi connectivity index (χ4n) is 2.45. The quantitative estimate of drug-likeness (QED) is 0.851. The van der Waals surface area contributed by atoms with Gasteiger partial charge < -0.3 is 20.3 Å². The summed E-state index contributed by atoms with van der Waals surface area (Å²) in [5.74, 6) is 0.618. The molecule has 0 aromatic carbocycles. The van der Waals surface area contributed by atoms with Gasteiger partial charge in [-0.25, -0.2) is 9.78 Å². The molecule has 1 saturated heterocycles. The summed E-state index contributed by atoms with van der Waals surface area (Å²) in [7, 11) is 0. The third-order valence-corrected chi connectivity index (χ3v) is 3.46. The molecule has 2 rings (SSSR count). The van der Waals surface area contributed by atoms with Gasteiger partial charge in [0.1, 0.15) is 17.5 Å². The topological polar surface area (TPSA) is 95.5 Å². The molecule has 2 N–H and O–H groups in total. The van der Waals surface area contributed by atoms with E-state index in [0.29, 0.717) is 36.7 Å². The lowest BCUT2D eigenvalue weighted by molar-refractivity contribution is 0.0263. The largest absolute Gasteiger partial charge is 0.444 e. The van der Waals surface area contributed by atoms with Gasteiger partial charge in [-0.15, -0.1) is 0 Å². The van der Waals surface area contributed by atoms with Gasteiger partial charge >= 0.3 is 6.09 Å². The summed E-state index contributed by atoms with van der Waals surface area (Å²) in [6.07, 6.45) is 2.04. The summed E-state index contributed by atoms with van der Waals surface area (Å²) in [5, 5.41) is 9.25. The Morgan fingerprint density at radius 2 is 2.09 bits per heavy atom. The van der Waals surface area contributed by atoms with Crippen LogP contribution in [0.25, 0.3) is 0 Å². The van der Waals surface area contributed by atoms with Crippen molar-refractivity contribution >= 4 is 17.6 Å². The SMILES string of the molecule is CC(C)(C)OC(=O)N1CCCN(c2ncc(N)cc2C#N)CC1. The molecule has 0 spiro atoms. The Morgan fingerprint density at radius 1 is 1.35 bits per heavy atom. The zero-order valence-electron chi connectivity index (χ0n) is 13.9. The van der Waals surface area contributed by atoms with Crippen LogP contribution in [-0.2, 0) is 4.74 Å². The number of hydrogen-bond donors (Lipinski definition) is 1. The summed E-state index contributed by atoms with van der Waals surface area (Å²) < 4.78 is 5.42. The highest BCUT2D eigenvalue weighted by Gasteiger charge is 2.25. The third-order valence-electron chi connectivity index (χ3n) is 3.46. The Kier molecular flexibility index (Phi) is 4.94. The van der Waals surface area contributed by atoms with Gasteiger partial charge in [0.05, 0.1) is 17.4 Å². The average molecular weight is 317 g/mol. The number of hydrogen-bond acceptors (Lipinski definition) is 6. The maximum Gasteiger partial charge on any atom is 0.410 e. The second-order valence-electron chi connectivity index (χ2n) is 6.56. The number of ether oxygens (including phenoxy) is 1. The molecule has 23 heavy (non-hydrogen) atoms. The van der Waals surface area contributed by atoms with E-state index in [1.165, 1.54) is 0 Å². The van der Waals surface area contributed by atoms with E-state index in [0.717, 1.165) is 13.0 Å². The smallest absolute Gasteiger partial charge is 0.410 e. The molecule has 7 nitrogen and oxygen atoms in total. The molecule has 0 radical (unpaired) electrons. The fraction of sp³-hybridized carbons (Fsp3) is 0.562. The van der Waals surface area contributed by atoms with Crippen LogP contribution in [0.1, 0.15) is 32.8 Å². The Labute approximate surface area is 136 Å². The van der Waals surface area contributed by atoms with Crippen molar-refractivity contribution in [2.45, 2.75) is 32.8 Å². The number of amides is 1. The number of carbonyl (C=O) groups excluding carboxylic acids is 1. The molecule has 1 fully saturated rings. The van der Waals surface area contributed by atoms with Gasteiger partial charge in [-0.05, 0) is 33.3 Å². The summed E-state index contributed by atoms with van der Waals surface area (Å²) in [4.78, 5) is 20.2. The van der Waals surface area contributed by atoms with Crippen LogP contribution >= 0.6 is 0 Å². The lowest BCUT2D eigenvalue weighted by atomic mass is 10.2. The molecule has 1 aliphatic rings. The minimum atomic E-state index is -0.504. The maximum absolute atomic E-state index is 12.2. The number of nitrogen functional groups attached to an aromatic ring is 1. The van der Waals surface area contributed by atoms with Gasteiger partial charge in [0.25, 0.3) is 0 Å². The highest BCUT2D eigenvalue weighted by molar-refractivity contribution is 5.68. The number of nitrogens with two attached hydrogens (primary N) is 1. The number of carbonyl (C=O) groups is 1. The first kappa shape index (κ1) is 16.9. The van der Waals surface area contributed by atoms with Crippen molar-refractivity contribution in [2.75, 3.05) is 36.8 Å². The van der Waals surface area contributed by atoms with Crippen molar-refractivity contribution in [3.05, 3.63) is 17.8 Å². The second kappa shape index (κ2) is 6.73. The second-order valence-corrected chi connectivity index (χ2v) is 6.56. The molecule has 0 unspecified atom stereocenters. The molecule has 7 heteroatoms. The summed E-state index contributed by atoms with van der Waals surface area (Å²) in [6, 6.07) is 3.75. The van der Waals surface area contributed by atoms with Gasteiger partial charge in [-0.2, -0.15) is 5.26 Å². The van der Waals surface area contributed by atoms with Crippen molar-refractivity contribution in [1.82, 2.24) is 9.88 Å². The maximum atomic E-state index is 12.2. The average Bonchev–Trinajstić information content (AvgIpc) is 2.71. The first-order valence-corrected chi connectivity index (χ1v) is 7.68. The molecule has 124 valence electrons. The lowest BCUT2D eigenvalue weighted by Gasteiger charge is -2.26. The fourth-order valence-corrected chi connectivity index (χ4v) is 2.45. The van der Waals surface area contributed by atoms with Crippen molar-refractivity contribution in [1.29, 1.82) is 5.26 Å². The van der Waals surface area contributed by atoms with Crippen LogP contribution in [0, 0.1) is 11.3 Å². The van der Waals surface area contributed by atoms with Gasteiger partial charge in [0.15, 0.2) is 0 Å². The first-order chi connectivity index (χ1) is 10.8. The number of rotatable bonds is 1. The van der Waals surface area contributed by atoms with Crippen molar-refractivity contribution in [3.8, 4) is 6.07 Å². The Balaban J connectivity index is 2.07. The van der Waals surface area contributed by atoms with Crippen LogP contribution in [-0.4, -0.2) is 47.8 Å². The van der Waals surface area contributed by atoms with E-state index >= 15 is 0 Å². The van der Waals surface area contributed by atoms with E-state index in [1.54, 1.807) is 17.2 Å². The van der Waals surface area contributed by atoms with E-state index < -0.39 is 5.60 Å². The van der Waals surface area contributed by atoms with Crippen LogP contribution < -0.4 is 10.6 Å². The minimum Gasteiger partial charge on any atom is -0.444 e. The van der Waals surface area contributed by atoms with Gasteiger partial charge in [0.2, 0.25) is 0 Å². The van der Waals surface area contributed by atoms with Crippen LogP contribution in [0.15, 0.2) is 12.3 Å². The number of nitrogens with zero attached hydrogens (tertiary/aromatic N) is 4. The summed E-state index contributed by atoms with van der Waals surface area (Å²) in [5.41, 5.74) is 6.10. The Hall–Kier alpha value is -2.49. The van der Waals surface area contributed by atoms with E-state index in [-0.39, 0.29) is 6.09 Å². The number of nitriles is 1. The van der Waals surface area contributed by atoms with Crippen LogP contribution in [0.4, 0.5) is 16.3 Å². The molecule has 0 aliphatic carbocycles. The van der Waals surface area contributed by atoms with Gasteiger partial charge in [-0.1, -0.05) is 0 Å². The molecule has 0 atom stereocenters. The van der Waals surface area contributed by atoms with Crippen LogP contribution in [0.2, 0.25) is 0 Å². The molecule has 1 aromatic heterocycles.